The highest BCUT2D eigenvalue weighted by Gasteiger charge is 2.30. The van der Waals surface area contributed by atoms with E-state index in [1.165, 1.54) is 0 Å². The quantitative estimate of drug-likeness (QED) is 0.670. The number of hydrogen-bond acceptors (Lipinski definition) is 4. The van der Waals surface area contributed by atoms with Crippen LogP contribution in [0.3, 0.4) is 0 Å². The molecule has 0 saturated carbocycles. The highest BCUT2D eigenvalue weighted by Crippen LogP contribution is 2.40. The van der Waals surface area contributed by atoms with Crippen LogP contribution in [0, 0.1) is 6.92 Å². The number of rotatable bonds is 6. The summed E-state index contributed by atoms with van der Waals surface area (Å²) in [6.07, 6.45) is 4.23. The molecule has 0 bridgehead atoms. The molecular formula is C16H25NO2S4. The predicted molar refractivity (Wildman–Crippen MR) is 106 cm³/mol. The molecule has 3 atom stereocenters. The van der Waals surface area contributed by atoms with Gasteiger partial charge < -0.3 is 0 Å². The average Bonchev–Trinajstić information content (AvgIpc) is 2.51. The molecule has 0 aliphatic carbocycles. The minimum atomic E-state index is -3.57. The van der Waals surface area contributed by atoms with Gasteiger partial charge in [-0.1, -0.05) is 55.1 Å². The Morgan fingerprint density at radius 2 is 1.61 bits per heavy atom. The molecule has 0 amide bonds. The van der Waals surface area contributed by atoms with Crippen LogP contribution in [0.15, 0.2) is 32.9 Å². The summed E-state index contributed by atoms with van der Waals surface area (Å²) < 4.78 is 30.6. The zero-order valence-corrected chi connectivity index (χ0v) is 17.2. The first-order valence-corrected chi connectivity index (χ1v) is 12.8. The van der Waals surface area contributed by atoms with E-state index >= 15 is 0 Å². The van der Waals surface area contributed by atoms with E-state index in [1.807, 2.05) is 42.6 Å². The summed E-state index contributed by atoms with van der Waals surface area (Å²) in [7, 11) is -4.00. The molecule has 1 heterocycles. The van der Waals surface area contributed by atoms with Gasteiger partial charge in [0.15, 0.2) is 0 Å². The Hall–Kier alpha value is 0.0200. The Balaban J connectivity index is 2.38. The Bertz CT molecular complexity index is 621. The number of hydrogen-bond donors (Lipinski definition) is 0. The van der Waals surface area contributed by atoms with E-state index < -0.39 is 20.7 Å². The minimum absolute atomic E-state index is 0.321. The minimum Gasteiger partial charge on any atom is -0.199 e. The normalized spacial score (nSPS) is 25.6. The van der Waals surface area contributed by atoms with Crippen LogP contribution in [-0.2, 0) is 20.7 Å². The van der Waals surface area contributed by atoms with Gasteiger partial charge in [0.1, 0.15) is 0 Å². The molecule has 0 radical (unpaired) electrons. The Labute approximate surface area is 151 Å². The first kappa shape index (κ1) is 19.3. The monoisotopic (exact) mass is 391 g/mol. The summed E-state index contributed by atoms with van der Waals surface area (Å²) in [6, 6.07) is 7.02. The summed E-state index contributed by atoms with van der Waals surface area (Å²) in [5.74, 6) is 0. The smallest absolute Gasteiger partial charge is 0.199 e. The molecule has 1 saturated heterocycles. The first-order valence-electron chi connectivity index (χ1n) is 7.97. The third-order valence-electron chi connectivity index (χ3n) is 3.60. The second kappa shape index (κ2) is 8.92. The maximum Gasteiger partial charge on any atom is 0.287 e. The lowest BCUT2D eigenvalue weighted by Crippen LogP contribution is -2.27. The number of benzene rings is 1. The third kappa shape index (κ3) is 5.25. The molecule has 1 aromatic carbocycles. The van der Waals surface area contributed by atoms with Gasteiger partial charge in [-0.15, -0.1) is 27.3 Å². The molecule has 1 aliphatic heterocycles. The van der Waals surface area contributed by atoms with Crippen molar-refractivity contribution in [2.24, 2.45) is 3.77 Å². The fraction of sp³-hybridized carbons (Fsp3) is 0.625. The Morgan fingerprint density at radius 3 is 2.09 bits per heavy atom. The van der Waals surface area contributed by atoms with E-state index in [2.05, 4.69) is 17.6 Å². The van der Waals surface area contributed by atoms with Gasteiger partial charge in [-0.05, 0) is 31.9 Å². The second-order valence-electron chi connectivity index (χ2n) is 5.60. The summed E-state index contributed by atoms with van der Waals surface area (Å²) in [5, 5.41) is 1.05. The van der Waals surface area contributed by atoms with Gasteiger partial charge in [0, 0.05) is 5.08 Å². The van der Waals surface area contributed by atoms with Crippen LogP contribution in [0.1, 0.15) is 45.1 Å². The highest BCUT2D eigenvalue weighted by molar-refractivity contribution is 8.30. The Kier molecular flexibility index (Phi) is 7.51. The van der Waals surface area contributed by atoms with Crippen molar-refractivity contribution >= 4 is 44.2 Å². The lowest BCUT2D eigenvalue weighted by Gasteiger charge is -2.31. The fourth-order valence-electron chi connectivity index (χ4n) is 2.34. The van der Waals surface area contributed by atoms with E-state index in [1.54, 1.807) is 12.1 Å². The van der Waals surface area contributed by atoms with E-state index in [4.69, 9.17) is 0 Å². The molecule has 0 spiro atoms. The fourth-order valence-corrected chi connectivity index (χ4v) is 12.2. The third-order valence-corrected chi connectivity index (χ3v) is 11.8. The lowest BCUT2D eigenvalue weighted by atomic mass is 10.2. The molecule has 2 rings (SSSR count). The summed E-state index contributed by atoms with van der Waals surface area (Å²) >= 11 is 3.76. The van der Waals surface area contributed by atoms with Crippen LogP contribution in [0.2, 0.25) is 0 Å². The van der Waals surface area contributed by atoms with Gasteiger partial charge in [0.25, 0.3) is 10.0 Å². The van der Waals surface area contributed by atoms with Crippen molar-refractivity contribution in [2.45, 2.75) is 60.5 Å². The first-order chi connectivity index (χ1) is 11.0. The van der Waals surface area contributed by atoms with E-state index in [-0.39, 0.29) is 0 Å². The van der Waals surface area contributed by atoms with Gasteiger partial charge >= 0.3 is 0 Å². The standard InChI is InChI=1S/C16H25NO2S4/c1-4-6-15-20-12-21-16(7-5-2)22(15)17-23(18,19)14-10-8-13(3)9-11-14/h8-11,15-16H,4-7,12H2,1-3H3/t15-,16+,22?. The molecule has 0 aromatic heterocycles. The van der Waals surface area contributed by atoms with Crippen molar-refractivity contribution in [2.75, 3.05) is 5.08 Å². The van der Waals surface area contributed by atoms with Gasteiger partial charge in [-0.25, -0.2) is 0 Å². The maximum atomic E-state index is 12.7. The molecule has 7 heteroatoms. The summed E-state index contributed by atoms with van der Waals surface area (Å²) in [4.78, 5) is 0.321. The van der Waals surface area contributed by atoms with E-state index in [9.17, 15) is 8.42 Å². The lowest BCUT2D eigenvalue weighted by molar-refractivity contribution is 0.598. The zero-order chi connectivity index (χ0) is 16.9. The maximum absolute atomic E-state index is 12.7. The van der Waals surface area contributed by atoms with Gasteiger partial charge in [0.05, 0.1) is 14.1 Å². The van der Waals surface area contributed by atoms with Crippen LogP contribution in [-0.4, -0.2) is 22.7 Å². The molecule has 1 unspecified atom stereocenters. The molecule has 130 valence electrons. The zero-order valence-electron chi connectivity index (χ0n) is 13.9. The number of nitrogens with zero attached hydrogens (tertiary/aromatic N) is 1. The average molecular weight is 392 g/mol. The number of thioether (sulfide) groups is 2. The van der Waals surface area contributed by atoms with Gasteiger partial charge in [-0.2, -0.15) is 8.42 Å². The summed E-state index contributed by atoms with van der Waals surface area (Å²) in [6.45, 7) is 6.28. The molecular weight excluding hydrogens is 366 g/mol. The molecule has 3 nitrogen and oxygen atoms in total. The SMILES string of the molecule is CCC[C@@H]1SCS[C@H](CCC)S1=NS(=O)(=O)c1ccc(C)cc1. The van der Waals surface area contributed by atoms with Gasteiger partial charge in [0.2, 0.25) is 0 Å². The number of sulfonamides is 1. The molecule has 0 N–H and O–H groups in total. The van der Waals surface area contributed by atoms with Crippen LogP contribution in [0.25, 0.3) is 0 Å². The predicted octanol–water partition coefficient (Wildman–Crippen LogP) is 5.18. The van der Waals surface area contributed by atoms with Gasteiger partial charge in [-0.3, -0.25) is 0 Å². The second-order valence-corrected chi connectivity index (χ2v) is 12.8. The van der Waals surface area contributed by atoms with Crippen molar-refractivity contribution in [3.8, 4) is 0 Å². The van der Waals surface area contributed by atoms with Crippen LogP contribution in [0.5, 0.6) is 0 Å². The van der Waals surface area contributed by atoms with Crippen molar-refractivity contribution < 1.29 is 8.42 Å². The van der Waals surface area contributed by atoms with E-state index in [0.717, 1.165) is 36.3 Å². The molecule has 1 aromatic rings. The highest BCUT2D eigenvalue weighted by atomic mass is 32.3. The number of aryl methyl sites for hydroxylation is 1. The molecule has 23 heavy (non-hydrogen) atoms. The summed E-state index contributed by atoms with van der Waals surface area (Å²) in [5.41, 5.74) is 1.06. The molecule has 1 fully saturated rings. The van der Waals surface area contributed by atoms with Crippen LogP contribution in [0.4, 0.5) is 0 Å². The Morgan fingerprint density at radius 1 is 1.09 bits per heavy atom. The van der Waals surface area contributed by atoms with Crippen LogP contribution >= 0.6 is 23.5 Å². The van der Waals surface area contributed by atoms with Crippen LogP contribution < -0.4 is 0 Å². The largest absolute Gasteiger partial charge is 0.287 e. The van der Waals surface area contributed by atoms with Crippen molar-refractivity contribution in [1.29, 1.82) is 0 Å². The van der Waals surface area contributed by atoms with E-state index in [0.29, 0.717) is 14.1 Å². The van der Waals surface area contributed by atoms with Crippen molar-refractivity contribution in [3.05, 3.63) is 29.8 Å². The van der Waals surface area contributed by atoms with Crippen molar-refractivity contribution in [1.82, 2.24) is 0 Å². The topological polar surface area (TPSA) is 46.5 Å². The molecule has 1 aliphatic rings. The van der Waals surface area contributed by atoms with Crippen molar-refractivity contribution in [3.63, 3.8) is 0 Å².